The molecule has 2 atom stereocenters. The molecule has 0 aliphatic carbocycles. The topological polar surface area (TPSA) is 69.6 Å². The van der Waals surface area contributed by atoms with E-state index in [2.05, 4.69) is 5.32 Å². The largest absolute Gasteiger partial charge is 0.479 e. The third-order valence-electron chi connectivity index (χ3n) is 4.15. The van der Waals surface area contributed by atoms with Gasteiger partial charge in [-0.25, -0.2) is 4.79 Å². The predicted molar refractivity (Wildman–Crippen MR) is 68.4 cm³/mol. The lowest BCUT2D eigenvalue weighted by Gasteiger charge is -2.51. The molecule has 19 heavy (non-hydrogen) atoms. The van der Waals surface area contributed by atoms with Crippen molar-refractivity contribution in [3.8, 4) is 0 Å². The molecule has 2 N–H and O–H groups in total. The van der Waals surface area contributed by atoms with E-state index in [1.165, 1.54) is 4.90 Å². The number of piperidine rings is 2. The second kappa shape index (κ2) is 4.35. The highest BCUT2D eigenvalue weighted by Gasteiger charge is 2.55. The van der Waals surface area contributed by atoms with Crippen LogP contribution in [-0.2, 0) is 16.1 Å². The Labute approximate surface area is 111 Å². The summed E-state index contributed by atoms with van der Waals surface area (Å²) in [5.74, 6) is -1.01. The fourth-order valence-electron chi connectivity index (χ4n) is 3.00. The SMILES string of the molecule is O=C1C2CCC(C(=O)O)(CN2)N1Cc1ccccc1. The first kappa shape index (κ1) is 12.2. The lowest BCUT2D eigenvalue weighted by atomic mass is 9.79. The highest BCUT2D eigenvalue weighted by Crippen LogP contribution is 2.34. The Morgan fingerprint density at radius 2 is 2.16 bits per heavy atom. The Bertz CT molecular complexity index is 507. The van der Waals surface area contributed by atoms with Gasteiger partial charge in [0, 0.05) is 13.1 Å². The maximum absolute atomic E-state index is 12.3. The van der Waals surface area contributed by atoms with Gasteiger partial charge in [-0.3, -0.25) is 4.79 Å². The van der Waals surface area contributed by atoms with Gasteiger partial charge in [-0.2, -0.15) is 0 Å². The molecule has 3 saturated heterocycles. The molecule has 2 bridgehead atoms. The number of carboxylic acid groups (broad SMARTS) is 1. The number of hydrogen-bond acceptors (Lipinski definition) is 3. The fraction of sp³-hybridized carbons (Fsp3) is 0.429. The number of benzene rings is 1. The van der Waals surface area contributed by atoms with Crippen LogP contribution in [0.15, 0.2) is 30.3 Å². The average molecular weight is 260 g/mol. The van der Waals surface area contributed by atoms with Gasteiger partial charge in [0.2, 0.25) is 5.91 Å². The van der Waals surface area contributed by atoms with E-state index in [9.17, 15) is 14.7 Å². The molecule has 100 valence electrons. The molecule has 2 unspecified atom stereocenters. The second-order valence-electron chi connectivity index (χ2n) is 5.22. The van der Waals surface area contributed by atoms with E-state index in [1.54, 1.807) is 0 Å². The third kappa shape index (κ3) is 1.81. The molecule has 3 aliphatic heterocycles. The average Bonchev–Trinajstić information content (AvgIpc) is 2.44. The summed E-state index contributed by atoms with van der Waals surface area (Å²) in [5.41, 5.74) is -0.120. The van der Waals surface area contributed by atoms with Gasteiger partial charge >= 0.3 is 5.97 Å². The van der Waals surface area contributed by atoms with Crippen LogP contribution in [0.3, 0.4) is 0 Å². The van der Waals surface area contributed by atoms with Crippen molar-refractivity contribution in [1.82, 2.24) is 10.2 Å². The first-order valence-electron chi connectivity index (χ1n) is 6.46. The van der Waals surface area contributed by atoms with Crippen molar-refractivity contribution in [2.24, 2.45) is 0 Å². The van der Waals surface area contributed by atoms with Gasteiger partial charge in [0.1, 0.15) is 0 Å². The normalized spacial score (nSPS) is 29.6. The van der Waals surface area contributed by atoms with Crippen molar-refractivity contribution >= 4 is 11.9 Å². The summed E-state index contributed by atoms with van der Waals surface area (Å²) in [6, 6.07) is 9.31. The lowest BCUT2D eigenvalue weighted by Crippen LogP contribution is -2.74. The molecule has 0 aromatic heterocycles. The molecular weight excluding hydrogens is 244 g/mol. The lowest BCUT2D eigenvalue weighted by molar-refractivity contribution is -0.171. The van der Waals surface area contributed by atoms with Gasteiger partial charge in [0.15, 0.2) is 5.54 Å². The Kier molecular flexibility index (Phi) is 2.78. The van der Waals surface area contributed by atoms with Crippen LogP contribution >= 0.6 is 0 Å². The van der Waals surface area contributed by atoms with E-state index >= 15 is 0 Å². The van der Waals surface area contributed by atoms with Gasteiger partial charge in [-0.1, -0.05) is 30.3 Å². The zero-order chi connectivity index (χ0) is 13.5. The molecule has 0 saturated carbocycles. The zero-order valence-electron chi connectivity index (χ0n) is 10.5. The van der Waals surface area contributed by atoms with Crippen LogP contribution in [-0.4, -0.2) is 40.0 Å². The number of carbonyl (C=O) groups is 2. The number of amides is 1. The second-order valence-corrected chi connectivity index (χ2v) is 5.22. The minimum Gasteiger partial charge on any atom is -0.479 e. The van der Waals surface area contributed by atoms with E-state index < -0.39 is 11.5 Å². The zero-order valence-corrected chi connectivity index (χ0v) is 10.5. The molecule has 3 aliphatic rings. The van der Waals surface area contributed by atoms with Crippen LogP contribution in [0.2, 0.25) is 0 Å². The Morgan fingerprint density at radius 1 is 1.42 bits per heavy atom. The van der Waals surface area contributed by atoms with Crippen molar-refractivity contribution in [2.45, 2.75) is 31.0 Å². The predicted octanol–water partition coefficient (Wildman–Crippen LogP) is 0.604. The van der Waals surface area contributed by atoms with Crippen LogP contribution in [0, 0.1) is 0 Å². The van der Waals surface area contributed by atoms with Crippen LogP contribution in [0.4, 0.5) is 0 Å². The first-order valence-corrected chi connectivity index (χ1v) is 6.46. The number of carboxylic acids is 1. The summed E-state index contributed by atoms with van der Waals surface area (Å²) >= 11 is 0. The van der Waals surface area contributed by atoms with Crippen LogP contribution < -0.4 is 5.32 Å². The Balaban J connectivity index is 1.93. The van der Waals surface area contributed by atoms with Crippen molar-refractivity contribution in [2.75, 3.05) is 6.54 Å². The monoisotopic (exact) mass is 260 g/mol. The molecule has 1 aromatic carbocycles. The standard InChI is InChI=1S/C14H16N2O3/c17-12-11-6-7-14(9-15-11,13(18)19)16(12)8-10-4-2-1-3-5-10/h1-5,11,15H,6-9H2,(H,18,19). The maximum atomic E-state index is 12.3. The van der Waals surface area contributed by atoms with Crippen molar-refractivity contribution in [3.63, 3.8) is 0 Å². The highest BCUT2D eigenvalue weighted by molar-refractivity contribution is 5.93. The highest BCUT2D eigenvalue weighted by atomic mass is 16.4. The molecule has 3 heterocycles. The van der Waals surface area contributed by atoms with Gasteiger partial charge in [0.05, 0.1) is 6.04 Å². The van der Waals surface area contributed by atoms with E-state index in [0.717, 1.165) is 5.56 Å². The summed E-state index contributed by atoms with van der Waals surface area (Å²) in [4.78, 5) is 25.5. The molecule has 1 amide bonds. The van der Waals surface area contributed by atoms with Crippen LogP contribution in [0.1, 0.15) is 18.4 Å². The van der Waals surface area contributed by atoms with E-state index in [4.69, 9.17) is 0 Å². The van der Waals surface area contributed by atoms with Crippen molar-refractivity contribution in [1.29, 1.82) is 0 Å². The summed E-state index contributed by atoms with van der Waals surface area (Å²) in [5, 5.41) is 12.6. The Morgan fingerprint density at radius 3 is 2.74 bits per heavy atom. The van der Waals surface area contributed by atoms with Gasteiger partial charge in [-0.15, -0.1) is 0 Å². The number of nitrogens with one attached hydrogen (secondary N) is 1. The molecule has 5 heteroatoms. The van der Waals surface area contributed by atoms with Crippen molar-refractivity contribution < 1.29 is 14.7 Å². The quantitative estimate of drug-likeness (QED) is 0.835. The summed E-state index contributed by atoms with van der Waals surface area (Å²) in [6.07, 6.45) is 1.13. The number of carbonyl (C=O) groups excluding carboxylic acids is 1. The summed E-state index contributed by atoms with van der Waals surface area (Å²) < 4.78 is 0. The smallest absolute Gasteiger partial charge is 0.330 e. The van der Waals surface area contributed by atoms with Gasteiger partial charge in [-0.05, 0) is 18.4 Å². The first-order chi connectivity index (χ1) is 9.13. The molecule has 1 aromatic rings. The Hall–Kier alpha value is -1.88. The van der Waals surface area contributed by atoms with Crippen LogP contribution in [0.5, 0.6) is 0 Å². The summed E-state index contributed by atoms with van der Waals surface area (Å²) in [6.45, 7) is 0.704. The number of aliphatic carboxylic acids is 1. The molecule has 4 rings (SSSR count). The minimum atomic E-state index is -1.08. The van der Waals surface area contributed by atoms with Gasteiger partial charge < -0.3 is 15.3 Å². The van der Waals surface area contributed by atoms with Gasteiger partial charge in [0.25, 0.3) is 0 Å². The fourth-order valence-corrected chi connectivity index (χ4v) is 3.00. The van der Waals surface area contributed by atoms with E-state index in [0.29, 0.717) is 25.9 Å². The molecular formula is C14H16N2O3. The molecule has 5 nitrogen and oxygen atoms in total. The maximum Gasteiger partial charge on any atom is 0.330 e. The van der Waals surface area contributed by atoms with Crippen molar-refractivity contribution in [3.05, 3.63) is 35.9 Å². The number of nitrogens with zero attached hydrogens (tertiary/aromatic N) is 1. The number of fused-ring (bicyclic) bond motifs is 3. The number of rotatable bonds is 3. The molecule has 0 spiro atoms. The number of hydrogen-bond donors (Lipinski definition) is 2. The number of piperazine rings is 1. The molecule has 3 fully saturated rings. The molecule has 0 radical (unpaired) electrons. The minimum absolute atomic E-state index is 0.0937. The van der Waals surface area contributed by atoms with E-state index in [-0.39, 0.29) is 11.9 Å². The third-order valence-corrected chi connectivity index (χ3v) is 4.15. The van der Waals surface area contributed by atoms with Crippen LogP contribution in [0.25, 0.3) is 0 Å². The summed E-state index contributed by atoms with van der Waals surface area (Å²) in [7, 11) is 0. The van der Waals surface area contributed by atoms with E-state index in [1.807, 2.05) is 30.3 Å².